The number of nitrogens with one attached hydrogen (secondary N) is 1. The molecular weight excluding hydrogens is 472 g/mol. The zero-order valence-electron chi connectivity index (χ0n) is 20.5. The number of para-hydroxylation sites is 1. The highest BCUT2D eigenvalue weighted by Gasteiger charge is 2.31. The van der Waals surface area contributed by atoms with E-state index in [-0.39, 0.29) is 23.5 Å². The van der Waals surface area contributed by atoms with Crippen LogP contribution in [-0.4, -0.2) is 53.2 Å². The number of carbonyl (C=O) groups excluding carboxylic acids is 3. The molecule has 2 heterocycles. The molecule has 1 saturated heterocycles. The van der Waals surface area contributed by atoms with Crippen LogP contribution in [0.4, 0.5) is 0 Å². The zero-order chi connectivity index (χ0) is 25.3. The molecule has 1 fully saturated rings. The molecule has 1 aromatic heterocycles. The maximum absolute atomic E-state index is 13.4. The second-order valence-electron chi connectivity index (χ2n) is 9.36. The first-order valence-corrected chi connectivity index (χ1v) is 13.6. The lowest BCUT2D eigenvalue weighted by atomic mass is 9.95. The standard InChI is InChI=1S/C28H34N4O3S/c29-17-7-6-13-23(26(34)28-31-22-12-4-5-14-24(22)36-28)30-27(35)21-11-8-18-32(19-21)25(33)16-15-20-9-2-1-3-10-20/h1-5,9-10,12,14,21,23H,6-8,11,13,15-19,29H2,(H,30,35)/t21-,23-/m1/s1. The van der Waals surface area contributed by atoms with E-state index in [1.165, 1.54) is 11.3 Å². The maximum Gasteiger partial charge on any atom is 0.225 e. The van der Waals surface area contributed by atoms with Gasteiger partial charge in [0.2, 0.25) is 17.6 Å². The molecule has 0 unspecified atom stereocenters. The van der Waals surface area contributed by atoms with Crippen LogP contribution in [0.1, 0.15) is 53.9 Å². The number of rotatable bonds is 11. The van der Waals surface area contributed by atoms with Gasteiger partial charge in [0.15, 0.2) is 5.01 Å². The summed E-state index contributed by atoms with van der Waals surface area (Å²) in [5.41, 5.74) is 7.57. The summed E-state index contributed by atoms with van der Waals surface area (Å²) in [6.07, 6.45) is 4.64. The van der Waals surface area contributed by atoms with Crippen LogP contribution in [0.3, 0.4) is 0 Å². The lowest BCUT2D eigenvalue weighted by molar-refractivity contribution is -0.135. The Hall–Kier alpha value is -3.10. The number of hydrogen-bond donors (Lipinski definition) is 2. The van der Waals surface area contributed by atoms with Crippen molar-refractivity contribution in [2.45, 2.75) is 51.0 Å². The van der Waals surface area contributed by atoms with E-state index in [4.69, 9.17) is 5.73 Å². The third kappa shape index (κ3) is 6.77. The van der Waals surface area contributed by atoms with Gasteiger partial charge in [-0.3, -0.25) is 14.4 Å². The molecule has 1 aliphatic rings. The van der Waals surface area contributed by atoms with Crippen molar-refractivity contribution in [3.63, 3.8) is 0 Å². The number of amides is 2. The topological polar surface area (TPSA) is 105 Å². The normalized spacial score (nSPS) is 16.6. The molecule has 190 valence electrons. The van der Waals surface area contributed by atoms with Gasteiger partial charge in [0.05, 0.1) is 22.2 Å². The number of benzene rings is 2. The molecule has 1 aliphatic heterocycles. The Balaban J connectivity index is 1.38. The average molecular weight is 507 g/mol. The third-order valence-corrected chi connectivity index (χ3v) is 7.75. The van der Waals surface area contributed by atoms with Gasteiger partial charge in [0.1, 0.15) is 0 Å². The largest absolute Gasteiger partial charge is 0.346 e. The number of hydrogen-bond acceptors (Lipinski definition) is 6. The van der Waals surface area contributed by atoms with Crippen molar-refractivity contribution >= 4 is 39.2 Å². The van der Waals surface area contributed by atoms with E-state index < -0.39 is 6.04 Å². The molecule has 2 atom stereocenters. The quantitative estimate of drug-likeness (QED) is 0.302. The Morgan fingerprint density at radius 2 is 1.86 bits per heavy atom. The smallest absolute Gasteiger partial charge is 0.225 e. The number of piperidine rings is 1. The van der Waals surface area contributed by atoms with Crippen LogP contribution in [0.25, 0.3) is 10.2 Å². The first-order chi connectivity index (χ1) is 17.5. The molecule has 0 spiro atoms. The van der Waals surface area contributed by atoms with Crippen LogP contribution in [0.15, 0.2) is 54.6 Å². The van der Waals surface area contributed by atoms with E-state index >= 15 is 0 Å². The predicted octanol–water partition coefficient (Wildman–Crippen LogP) is 3.96. The summed E-state index contributed by atoms with van der Waals surface area (Å²) in [6.45, 7) is 1.60. The molecule has 36 heavy (non-hydrogen) atoms. The SMILES string of the molecule is NCCCC[C@@H](NC(=O)[C@@H]1CCCN(C(=O)CCc2ccccc2)C1)C(=O)c1nc2ccccc2s1. The van der Waals surface area contributed by atoms with Crippen LogP contribution in [-0.2, 0) is 16.0 Å². The Morgan fingerprint density at radius 3 is 2.64 bits per heavy atom. The van der Waals surface area contributed by atoms with Gasteiger partial charge in [-0.15, -0.1) is 11.3 Å². The van der Waals surface area contributed by atoms with Crippen molar-refractivity contribution in [1.29, 1.82) is 0 Å². The van der Waals surface area contributed by atoms with Crippen molar-refractivity contribution in [1.82, 2.24) is 15.2 Å². The number of Topliss-reactive ketones (excluding diaryl/α,β-unsaturated/α-hetero) is 1. The number of carbonyl (C=O) groups is 3. The molecule has 3 aromatic rings. The van der Waals surface area contributed by atoms with Gasteiger partial charge < -0.3 is 16.0 Å². The molecule has 2 amide bonds. The maximum atomic E-state index is 13.4. The molecule has 7 nitrogen and oxygen atoms in total. The Bertz CT molecular complexity index is 1150. The summed E-state index contributed by atoms with van der Waals surface area (Å²) < 4.78 is 0.949. The Labute approximate surface area is 216 Å². The monoisotopic (exact) mass is 506 g/mol. The minimum absolute atomic E-state index is 0.0707. The number of nitrogens with two attached hydrogens (primary N) is 1. The van der Waals surface area contributed by atoms with Gasteiger partial charge in [-0.05, 0) is 62.8 Å². The molecule has 0 aliphatic carbocycles. The van der Waals surface area contributed by atoms with Crippen LogP contribution < -0.4 is 11.1 Å². The van der Waals surface area contributed by atoms with Crippen molar-refractivity contribution in [2.24, 2.45) is 11.7 Å². The number of unbranched alkanes of at least 4 members (excludes halogenated alkanes) is 1. The third-order valence-electron chi connectivity index (χ3n) is 6.70. The lowest BCUT2D eigenvalue weighted by Gasteiger charge is -2.33. The van der Waals surface area contributed by atoms with Crippen LogP contribution in [0.2, 0.25) is 0 Å². The minimum atomic E-state index is -0.645. The highest BCUT2D eigenvalue weighted by Crippen LogP contribution is 2.24. The van der Waals surface area contributed by atoms with Crippen molar-refractivity contribution in [3.05, 3.63) is 65.2 Å². The summed E-state index contributed by atoms with van der Waals surface area (Å²) in [4.78, 5) is 45.7. The molecule has 0 saturated carbocycles. The van der Waals surface area contributed by atoms with E-state index in [0.717, 1.165) is 35.0 Å². The molecule has 2 aromatic carbocycles. The fourth-order valence-corrected chi connectivity index (χ4v) is 5.61. The number of likely N-dealkylation sites (tertiary alicyclic amines) is 1. The average Bonchev–Trinajstić information content (AvgIpc) is 3.36. The van der Waals surface area contributed by atoms with E-state index in [9.17, 15) is 14.4 Å². The number of fused-ring (bicyclic) bond motifs is 1. The van der Waals surface area contributed by atoms with Crippen molar-refractivity contribution in [2.75, 3.05) is 19.6 Å². The predicted molar refractivity (Wildman–Crippen MR) is 143 cm³/mol. The number of aromatic nitrogens is 1. The van der Waals surface area contributed by atoms with Crippen LogP contribution in [0.5, 0.6) is 0 Å². The molecule has 8 heteroatoms. The highest BCUT2D eigenvalue weighted by atomic mass is 32.1. The summed E-state index contributed by atoms with van der Waals surface area (Å²) >= 11 is 1.35. The summed E-state index contributed by atoms with van der Waals surface area (Å²) in [5.74, 6) is -0.572. The molecule has 0 radical (unpaired) electrons. The molecule has 0 bridgehead atoms. The van der Waals surface area contributed by atoms with E-state index in [1.54, 1.807) is 4.90 Å². The van der Waals surface area contributed by atoms with E-state index in [2.05, 4.69) is 10.3 Å². The summed E-state index contributed by atoms with van der Waals surface area (Å²) in [6, 6.07) is 16.9. The fraction of sp³-hybridized carbons (Fsp3) is 0.429. The van der Waals surface area contributed by atoms with E-state index in [1.807, 2.05) is 54.6 Å². The van der Waals surface area contributed by atoms with Crippen molar-refractivity contribution in [3.8, 4) is 0 Å². The number of aryl methyl sites for hydroxylation is 1. The van der Waals surface area contributed by atoms with Crippen LogP contribution >= 0.6 is 11.3 Å². The second-order valence-corrected chi connectivity index (χ2v) is 10.4. The highest BCUT2D eigenvalue weighted by molar-refractivity contribution is 7.20. The Kier molecular flexibility index (Phi) is 9.19. The van der Waals surface area contributed by atoms with Gasteiger partial charge in [0, 0.05) is 19.5 Å². The second kappa shape index (κ2) is 12.7. The molecule has 3 N–H and O–H groups in total. The fourth-order valence-electron chi connectivity index (χ4n) is 4.65. The van der Waals surface area contributed by atoms with Gasteiger partial charge in [-0.1, -0.05) is 42.5 Å². The summed E-state index contributed by atoms with van der Waals surface area (Å²) in [5, 5.41) is 3.42. The van der Waals surface area contributed by atoms with Crippen LogP contribution in [0, 0.1) is 5.92 Å². The van der Waals surface area contributed by atoms with Gasteiger partial charge in [0.25, 0.3) is 0 Å². The van der Waals surface area contributed by atoms with Gasteiger partial charge >= 0.3 is 0 Å². The summed E-state index contributed by atoms with van der Waals surface area (Å²) in [7, 11) is 0. The minimum Gasteiger partial charge on any atom is -0.346 e. The zero-order valence-corrected chi connectivity index (χ0v) is 21.3. The van der Waals surface area contributed by atoms with Gasteiger partial charge in [-0.2, -0.15) is 0 Å². The lowest BCUT2D eigenvalue weighted by Crippen LogP contribution is -2.49. The molecule has 4 rings (SSSR count). The Morgan fingerprint density at radius 1 is 1.08 bits per heavy atom. The first kappa shape index (κ1) is 26.0. The van der Waals surface area contributed by atoms with Crippen molar-refractivity contribution < 1.29 is 14.4 Å². The number of nitrogens with zero attached hydrogens (tertiary/aromatic N) is 2. The molecular formula is C28H34N4O3S. The first-order valence-electron chi connectivity index (χ1n) is 12.8. The number of thiazole rings is 1. The van der Waals surface area contributed by atoms with E-state index in [0.29, 0.717) is 50.3 Å². The number of ketones is 1. The van der Waals surface area contributed by atoms with Gasteiger partial charge in [-0.25, -0.2) is 4.98 Å².